The van der Waals surface area contributed by atoms with E-state index in [1.807, 2.05) is 0 Å². The molecule has 3 nitrogen and oxygen atoms in total. The third kappa shape index (κ3) is 1.34. The molecular weight excluding hydrogens is 262 g/mol. The van der Waals surface area contributed by atoms with E-state index in [0.717, 1.165) is 19.4 Å². The lowest BCUT2D eigenvalue weighted by molar-refractivity contribution is -0.194. The first kappa shape index (κ1) is 12.1. The summed E-state index contributed by atoms with van der Waals surface area (Å²) in [5, 5.41) is 2.19. The van der Waals surface area contributed by atoms with Gasteiger partial charge < -0.3 is 0 Å². The molecule has 1 aromatic carbocycles. The third-order valence-corrected chi connectivity index (χ3v) is 6.10. The zero-order valence-corrected chi connectivity index (χ0v) is 12.0. The number of fused-ring (bicyclic) bond motifs is 2. The number of ketones is 1. The van der Waals surface area contributed by atoms with Crippen LogP contribution in [0.3, 0.4) is 0 Å². The molecule has 4 aliphatic rings. The monoisotopic (exact) mass is 281 g/mol. The second-order valence-corrected chi connectivity index (χ2v) is 6.78. The number of hydrogen-bond donors (Lipinski definition) is 0. The molecule has 0 radical (unpaired) electrons. The van der Waals surface area contributed by atoms with Gasteiger partial charge >= 0.3 is 0 Å². The topological polar surface area (TPSA) is 29.5 Å². The molecule has 4 unspecified atom stereocenters. The van der Waals surface area contributed by atoms with Crippen LogP contribution >= 0.6 is 0 Å². The largest absolute Gasteiger partial charge is 0.299 e. The van der Waals surface area contributed by atoms with Gasteiger partial charge in [-0.2, -0.15) is 5.06 Å². The van der Waals surface area contributed by atoms with E-state index in [-0.39, 0.29) is 11.5 Å². The number of carbonyl (C=O) groups excluding carboxylic acids is 1. The molecule has 0 N–H and O–H groups in total. The minimum absolute atomic E-state index is 0.0551. The fourth-order valence-electron chi connectivity index (χ4n) is 5.32. The van der Waals surface area contributed by atoms with Gasteiger partial charge in [-0.3, -0.25) is 9.63 Å². The van der Waals surface area contributed by atoms with Crippen molar-refractivity contribution in [3.63, 3.8) is 0 Å². The van der Waals surface area contributed by atoms with Gasteiger partial charge in [0.1, 0.15) is 5.78 Å². The zero-order valence-electron chi connectivity index (χ0n) is 12.0. The van der Waals surface area contributed by atoms with Crippen LogP contribution in [0.4, 0.5) is 0 Å². The van der Waals surface area contributed by atoms with Gasteiger partial charge in [-0.05, 0) is 24.0 Å². The predicted octanol–water partition coefficient (Wildman–Crippen LogP) is 2.48. The Labute approximate surface area is 124 Å². The summed E-state index contributed by atoms with van der Waals surface area (Å²) in [6.07, 6.45) is 7.37. The van der Waals surface area contributed by atoms with E-state index >= 15 is 0 Å². The summed E-state index contributed by atoms with van der Waals surface area (Å²) in [5.41, 5.74) is 2.78. The first-order valence-corrected chi connectivity index (χ1v) is 7.99. The molecule has 2 aliphatic heterocycles. The van der Waals surface area contributed by atoms with Gasteiger partial charge in [-0.25, -0.2) is 0 Å². The molecule has 108 valence electrons. The van der Waals surface area contributed by atoms with Gasteiger partial charge in [-0.1, -0.05) is 36.4 Å². The molecule has 2 aliphatic carbocycles. The molecule has 0 aromatic heterocycles. The average Bonchev–Trinajstić information content (AvgIpc) is 2.72. The van der Waals surface area contributed by atoms with E-state index in [0.29, 0.717) is 30.6 Å². The smallest absolute Gasteiger partial charge is 0.141 e. The van der Waals surface area contributed by atoms with Crippen LogP contribution in [0.25, 0.3) is 0 Å². The maximum absolute atomic E-state index is 12.5. The average molecular weight is 281 g/mol. The maximum Gasteiger partial charge on any atom is 0.141 e. The summed E-state index contributed by atoms with van der Waals surface area (Å²) in [5.74, 6) is 1.27. The molecule has 4 bridgehead atoms. The van der Waals surface area contributed by atoms with Crippen LogP contribution in [-0.2, 0) is 16.1 Å². The molecule has 0 saturated carbocycles. The van der Waals surface area contributed by atoms with E-state index < -0.39 is 0 Å². The molecule has 2 fully saturated rings. The Bertz CT molecular complexity index is 652. The molecule has 1 aromatic rings. The van der Waals surface area contributed by atoms with Crippen molar-refractivity contribution in [2.45, 2.75) is 30.7 Å². The highest BCUT2D eigenvalue weighted by atomic mass is 16.7. The number of hydrogen-bond acceptors (Lipinski definition) is 3. The summed E-state index contributed by atoms with van der Waals surface area (Å²) < 4.78 is 0. The molecule has 5 rings (SSSR count). The summed E-state index contributed by atoms with van der Waals surface area (Å²) in [6, 6.07) is 8.78. The van der Waals surface area contributed by atoms with E-state index in [1.165, 1.54) is 11.1 Å². The Balaban J connectivity index is 1.74. The van der Waals surface area contributed by atoms with E-state index in [4.69, 9.17) is 4.84 Å². The molecule has 5 atom stereocenters. The highest BCUT2D eigenvalue weighted by Gasteiger charge is 2.65. The van der Waals surface area contributed by atoms with Crippen LogP contribution < -0.4 is 0 Å². The van der Waals surface area contributed by atoms with Crippen molar-refractivity contribution >= 4 is 5.78 Å². The lowest BCUT2D eigenvalue weighted by Crippen LogP contribution is -2.64. The summed E-state index contributed by atoms with van der Waals surface area (Å²) in [4.78, 5) is 18.5. The van der Waals surface area contributed by atoms with Crippen molar-refractivity contribution in [3.8, 4) is 0 Å². The minimum Gasteiger partial charge on any atom is -0.299 e. The van der Waals surface area contributed by atoms with Crippen molar-refractivity contribution in [1.29, 1.82) is 0 Å². The highest BCUT2D eigenvalue weighted by molar-refractivity contribution is 5.84. The number of hydroxylamine groups is 2. The number of rotatable bonds is 0. The van der Waals surface area contributed by atoms with Gasteiger partial charge in [0.2, 0.25) is 0 Å². The molecule has 3 heteroatoms. The zero-order chi connectivity index (χ0) is 14.0. The fourth-order valence-corrected chi connectivity index (χ4v) is 5.32. The van der Waals surface area contributed by atoms with Crippen LogP contribution in [0.15, 0.2) is 36.4 Å². The van der Waals surface area contributed by atoms with Crippen molar-refractivity contribution in [1.82, 2.24) is 5.06 Å². The van der Waals surface area contributed by atoms with Gasteiger partial charge in [-0.15, -0.1) is 0 Å². The van der Waals surface area contributed by atoms with E-state index in [1.54, 1.807) is 0 Å². The Hall–Kier alpha value is -1.45. The van der Waals surface area contributed by atoms with Crippen molar-refractivity contribution in [2.75, 3.05) is 13.2 Å². The Morgan fingerprint density at radius 1 is 1.24 bits per heavy atom. The highest BCUT2D eigenvalue weighted by Crippen LogP contribution is 2.58. The van der Waals surface area contributed by atoms with Crippen LogP contribution in [0, 0.1) is 11.8 Å². The summed E-state index contributed by atoms with van der Waals surface area (Å²) in [7, 11) is 0. The van der Waals surface area contributed by atoms with Crippen LogP contribution in [-0.4, -0.2) is 29.5 Å². The number of piperidine rings is 1. The van der Waals surface area contributed by atoms with Gasteiger partial charge in [0.05, 0.1) is 18.1 Å². The third-order valence-electron chi connectivity index (χ3n) is 6.10. The maximum atomic E-state index is 12.5. The Morgan fingerprint density at radius 3 is 3.10 bits per heavy atom. The molecule has 2 heterocycles. The minimum atomic E-state index is -0.113. The van der Waals surface area contributed by atoms with Gasteiger partial charge in [0, 0.05) is 24.8 Å². The number of nitrogens with zero attached hydrogens (tertiary/aromatic N) is 1. The summed E-state index contributed by atoms with van der Waals surface area (Å²) in [6.45, 7) is 1.35. The first-order chi connectivity index (χ1) is 10.3. The van der Waals surface area contributed by atoms with Gasteiger partial charge in [0.15, 0.2) is 0 Å². The van der Waals surface area contributed by atoms with E-state index in [2.05, 4.69) is 41.5 Å². The van der Waals surface area contributed by atoms with Crippen molar-refractivity contribution < 1.29 is 9.63 Å². The Morgan fingerprint density at radius 2 is 2.14 bits per heavy atom. The van der Waals surface area contributed by atoms with Crippen LogP contribution in [0.5, 0.6) is 0 Å². The second-order valence-electron chi connectivity index (χ2n) is 6.78. The quantitative estimate of drug-likeness (QED) is 0.684. The van der Waals surface area contributed by atoms with Crippen molar-refractivity contribution in [3.05, 3.63) is 47.5 Å². The Kier molecular flexibility index (Phi) is 2.34. The first-order valence-electron chi connectivity index (χ1n) is 7.99. The number of benzene rings is 1. The molecular formula is C18H19NO2. The van der Waals surface area contributed by atoms with E-state index in [9.17, 15) is 4.79 Å². The van der Waals surface area contributed by atoms with Crippen LogP contribution in [0.1, 0.15) is 29.9 Å². The lowest BCUT2D eigenvalue weighted by Gasteiger charge is -2.56. The predicted molar refractivity (Wildman–Crippen MR) is 78.6 cm³/mol. The van der Waals surface area contributed by atoms with Gasteiger partial charge in [0.25, 0.3) is 0 Å². The number of Topliss-reactive ketones (excluding diaryl/α,β-unsaturated/α-hetero) is 1. The molecule has 0 amide bonds. The fraction of sp³-hybridized carbons (Fsp3) is 0.500. The molecule has 1 spiro atoms. The normalized spacial score (nSPS) is 43.1. The standard InChI is InChI=1S/C18H19NO2/c20-17-8-9-19-18(16(17)11-21-19)13-5-3-7-15(18)14-6-2-1-4-12(14)10-13/h1-6,13,15-16H,7-11H2/t13?,15?,16?,18-/m1/s1. The van der Waals surface area contributed by atoms with Crippen molar-refractivity contribution in [2.24, 2.45) is 11.8 Å². The number of carbonyl (C=O) groups is 1. The molecule has 2 saturated heterocycles. The lowest BCUT2D eigenvalue weighted by atomic mass is 9.54. The van der Waals surface area contributed by atoms with Crippen LogP contribution in [0.2, 0.25) is 0 Å². The number of allylic oxidation sites excluding steroid dienone is 1. The molecule has 21 heavy (non-hydrogen) atoms. The SMILES string of the molecule is O=C1CCN2OCC1[C@]21C2C=CCC1c1ccccc1C2. The summed E-state index contributed by atoms with van der Waals surface area (Å²) >= 11 is 0. The second kappa shape index (κ2) is 4.05.